The number of halogens is 1. The maximum Gasteiger partial charge on any atom is 0.126 e. The zero-order chi connectivity index (χ0) is 12.5. The Bertz CT molecular complexity index is 336. The third kappa shape index (κ3) is 5.61. The molecule has 0 saturated carbocycles. The van der Waals surface area contributed by atoms with Crippen LogP contribution in [-0.2, 0) is 5.75 Å². The normalized spacial score (nSPS) is 10.5. The van der Waals surface area contributed by atoms with E-state index in [0.717, 1.165) is 42.4 Å². The van der Waals surface area contributed by atoms with Crippen LogP contribution in [-0.4, -0.2) is 29.0 Å². The van der Waals surface area contributed by atoms with Crippen LogP contribution in [0.15, 0.2) is 12.1 Å². The lowest BCUT2D eigenvalue weighted by atomic mass is 10.3. The van der Waals surface area contributed by atoms with Crippen molar-refractivity contribution in [1.82, 2.24) is 4.98 Å². The Hall–Kier alpha value is -0.450. The van der Waals surface area contributed by atoms with Gasteiger partial charge in [0.1, 0.15) is 5.82 Å². The van der Waals surface area contributed by atoms with Gasteiger partial charge in [0.2, 0.25) is 0 Å². The van der Waals surface area contributed by atoms with E-state index < -0.39 is 0 Å². The van der Waals surface area contributed by atoms with Crippen molar-refractivity contribution in [1.29, 1.82) is 0 Å². The number of rotatable bonds is 8. The van der Waals surface area contributed by atoms with Crippen LogP contribution < -0.4 is 5.32 Å². The van der Waals surface area contributed by atoms with Crippen LogP contribution in [0.25, 0.3) is 0 Å². The predicted molar refractivity (Wildman–Crippen MR) is 75.9 cm³/mol. The van der Waals surface area contributed by atoms with E-state index >= 15 is 0 Å². The molecule has 1 rings (SSSR count). The highest BCUT2D eigenvalue weighted by molar-refractivity contribution is 7.98. The molecule has 0 aliphatic heterocycles. The third-order valence-electron chi connectivity index (χ3n) is 2.16. The van der Waals surface area contributed by atoms with Crippen LogP contribution in [0.1, 0.15) is 25.5 Å². The zero-order valence-corrected chi connectivity index (χ0v) is 11.7. The number of pyridine rings is 1. The summed E-state index contributed by atoms with van der Waals surface area (Å²) < 4.78 is 0. The molecule has 0 radical (unpaired) electrons. The van der Waals surface area contributed by atoms with E-state index in [2.05, 4.69) is 17.2 Å². The summed E-state index contributed by atoms with van der Waals surface area (Å²) in [5.74, 6) is 2.61. The molecule has 96 valence electrons. The molecule has 5 heteroatoms. The number of aromatic nitrogens is 1. The van der Waals surface area contributed by atoms with Crippen LogP contribution in [0.5, 0.6) is 0 Å². The molecule has 0 fully saturated rings. The summed E-state index contributed by atoms with van der Waals surface area (Å²) in [6.07, 6.45) is 1.89. The second-order valence-electron chi connectivity index (χ2n) is 3.68. The van der Waals surface area contributed by atoms with Crippen molar-refractivity contribution in [3.8, 4) is 0 Å². The van der Waals surface area contributed by atoms with Crippen LogP contribution in [0, 0.1) is 0 Å². The molecule has 0 saturated heterocycles. The fraction of sp³-hybridized carbons (Fsp3) is 0.583. The molecule has 0 bridgehead atoms. The van der Waals surface area contributed by atoms with Gasteiger partial charge in [0, 0.05) is 18.9 Å². The number of aliphatic hydroxyl groups excluding tert-OH is 1. The number of hydrogen-bond donors (Lipinski definition) is 2. The van der Waals surface area contributed by atoms with Gasteiger partial charge < -0.3 is 10.4 Å². The molecule has 1 heterocycles. The van der Waals surface area contributed by atoms with Gasteiger partial charge in [-0.25, -0.2) is 4.98 Å². The molecule has 1 aromatic rings. The lowest BCUT2D eigenvalue weighted by molar-refractivity contribution is 0.296. The van der Waals surface area contributed by atoms with E-state index in [1.165, 1.54) is 0 Å². The Morgan fingerprint density at radius 1 is 1.47 bits per heavy atom. The van der Waals surface area contributed by atoms with Gasteiger partial charge in [-0.05, 0) is 30.7 Å². The van der Waals surface area contributed by atoms with Crippen LogP contribution in [0.4, 0.5) is 5.82 Å². The first kappa shape index (κ1) is 14.6. The molecule has 3 nitrogen and oxygen atoms in total. The van der Waals surface area contributed by atoms with Gasteiger partial charge in [-0.2, -0.15) is 11.8 Å². The molecule has 0 spiro atoms. The SMILES string of the molecule is CCCNc1ccc(Cl)c(CSCCCO)n1. The molecular formula is C12H19ClN2OS. The Kier molecular flexibility index (Phi) is 7.40. The average molecular weight is 275 g/mol. The maximum atomic E-state index is 8.69. The summed E-state index contributed by atoms with van der Waals surface area (Å²) >= 11 is 7.83. The van der Waals surface area contributed by atoms with Gasteiger partial charge in [0.25, 0.3) is 0 Å². The lowest BCUT2D eigenvalue weighted by Gasteiger charge is -2.08. The summed E-state index contributed by atoms with van der Waals surface area (Å²) in [5, 5.41) is 12.7. The molecule has 0 unspecified atom stereocenters. The molecule has 0 amide bonds. The van der Waals surface area contributed by atoms with E-state index in [1.54, 1.807) is 11.8 Å². The predicted octanol–water partition coefficient (Wildman–Crippen LogP) is 3.17. The Morgan fingerprint density at radius 3 is 3.00 bits per heavy atom. The van der Waals surface area contributed by atoms with Gasteiger partial charge in [0.05, 0.1) is 10.7 Å². The van der Waals surface area contributed by atoms with Crippen molar-refractivity contribution in [2.75, 3.05) is 24.2 Å². The minimum absolute atomic E-state index is 0.242. The van der Waals surface area contributed by atoms with E-state index in [4.69, 9.17) is 16.7 Å². The van der Waals surface area contributed by atoms with Crippen molar-refractivity contribution in [2.45, 2.75) is 25.5 Å². The molecule has 17 heavy (non-hydrogen) atoms. The minimum atomic E-state index is 0.242. The van der Waals surface area contributed by atoms with Crippen molar-refractivity contribution >= 4 is 29.2 Å². The Labute approximate surface area is 112 Å². The first-order chi connectivity index (χ1) is 8.27. The topological polar surface area (TPSA) is 45.1 Å². The highest BCUT2D eigenvalue weighted by atomic mass is 35.5. The number of thioether (sulfide) groups is 1. The fourth-order valence-electron chi connectivity index (χ4n) is 1.27. The molecule has 0 atom stereocenters. The largest absolute Gasteiger partial charge is 0.396 e. The van der Waals surface area contributed by atoms with Crippen LogP contribution >= 0.6 is 23.4 Å². The average Bonchev–Trinajstić information content (AvgIpc) is 2.35. The second-order valence-corrected chi connectivity index (χ2v) is 5.19. The van der Waals surface area contributed by atoms with E-state index in [0.29, 0.717) is 5.02 Å². The second kappa shape index (κ2) is 8.61. The van der Waals surface area contributed by atoms with Crippen molar-refractivity contribution in [3.63, 3.8) is 0 Å². The van der Waals surface area contributed by atoms with Crippen LogP contribution in [0.2, 0.25) is 5.02 Å². The van der Waals surface area contributed by atoms with Crippen molar-refractivity contribution in [2.24, 2.45) is 0 Å². The number of anilines is 1. The quantitative estimate of drug-likeness (QED) is 0.715. The summed E-state index contributed by atoms with van der Waals surface area (Å²) in [5.41, 5.74) is 0.913. The lowest BCUT2D eigenvalue weighted by Crippen LogP contribution is -2.03. The molecule has 0 aliphatic rings. The zero-order valence-electron chi connectivity index (χ0n) is 10.1. The van der Waals surface area contributed by atoms with E-state index in [-0.39, 0.29) is 6.61 Å². The Morgan fingerprint density at radius 2 is 2.29 bits per heavy atom. The molecular weight excluding hydrogens is 256 g/mol. The fourth-order valence-corrected chi connectivity index (χ4v) is 2.41. The summed E-state index contributed by atoms with van der Waals surface area (Å²) in [6.45, 7) is 3.28. The minimum Gasteiger partial charge on any atom is -0.396 e. The number of nitrogens with zero attached hydrogens (tertiary/aromatic N) is 1. The molecule has 0 aromatic carbocycles. The van der Waals surface area contributed by atoms with Gasteiger partial charge in [-0.15, -0.1) is 0 Å². The monoisotopic (exact) mass is 274 g/mol. The van der Waals surface area contributed by atoms with Gasteiger partial charge >= 0.3 is 0 Å². The summed E-state index contributed by atoms with van der Waals surface area (Å²) in [7, 11) is 0. The highest BCUT2D eigenvalue weighted by Gasteiger charge is 2.04. The smallest absolute Gasteiger partial charge is 0.126 e. The van der Waals surface area contributed by atoms with Gasteiger partial charge in [-0.3, -0.25) is 0 Å². The number of nitrogens with one attached hydrogen (secondary N) is 1. The summed E-state index contributed by atoms with van der Waals surface area (Å²) in [6, 6.07) is 3.79. The number of hydrogen-bond acceptors (Lipinski definition) is 4. The van der Waals surface area contributed by atoms with Crippen molar-refractivity contribution in [3.05, 3.63) is 22.8 Å². The highest BCUT2D eigenvalue weighted by Crippen LogP contribution is 2.21. The Balaban J connectivity index is 2.50. The standard InChI is InChI=1S/C12H19ClN2OS/c1-2-6-14-12-5-4-10(13)11(15-12)9-17-8-3-7-16/h4-5,16H,2-3,6-9H2,1H3,(H,14,15). The van der Waals surface area contributed by atoms with E-state index in [9.17, 15) is 0 Å². The van der Waals surface area contributed by atoms with Crippen molar-refractivity contribution < 1.29 is 5.11 Å². The summed E-state index contributed by atoms with van der Waals surface area (Å²) in [4.78, 5) is 4.48. The number of aliphatic hydroxyl groups is 1. The first-order valence-electron chi connectivity index (χ1n) is 5.85. The molecule has 1 aromatic heterocycles. The first-order valence-corrected chi connectivity index (χ1v) is 7.39. The van der Waals surface area contributed by atoms with Gasteiger partial charge in [0.15, 0.2) is 0 Å². The van der Waals surface area contributed by atoms with E-state index in [1.807, 2.05) is 12.1 Å². The maximum absolute atomic E-state index is 8.69. The molecule has 0 aliphatic carbocycles. The third-order valence-corrected chi connectivity index (χ3v) is 3.56. The molecule has 2 N–H and O–H groups in total. The van der Waals surface area contributed by atoms with Gasteiger partial charge in [-0.1, -0.05) is 18.5 Å². The van der Waals surface area contributed by atoms with Crippen LogP contribution in [0.3, 0.4) is 0 Å².